The molecule has 1 aliphatic rings. The molecule has 1 aliphatic carbocycles. The Balaban J connectivity index is 1.79. The molecule has 2 unspecified atom stereocenters. The Kier molecular flexibility index (Phi) is 6.98. The zero-order chi connectivity index (χ0) is 21.7. The first-order chi connectivity index (χ1) is 14.3. The number of ether oxygens (including phenoxy) is 1. The molecule has 2 atom stereocenters. The summed E-state index contributed by atoms with van der Waals surface area (Å²) < 4.78 is 5.93. The van der Waals surface area contributed by atoms with Crippen LogP contribution in [0.25, 0.3) is 0 Å². The van der Waals surface area contributed by atoms with Crippen LogP contribution in [0.5, 0.6) is 11.5 Å². The van der Waals surface area contributed by atoms with E-state index < -0.39 is 17.8 Å². The lowest BCUT2D eigenvalue weighted by Gasteiger charge is -2.28. The van der Waals surface area contributed by atoms with E-state index in [4.69, 9.17) is 10.5 Å². The number of hydrogen-bond acceptors (Lipinski definition) is 4. The van der Waals surface area contributed by atoms with Gasteiger partial charge in [0.2, 0.25) is 5.91 Å². The SMILES string of the molecule is CC(C)Cc1cc(Oc2ccc(N)cc2)ccc1NC(=O)C1CCCCC1C(=O)O. The van der Waals surface area contributed by atoms with Gasteiger partial charge in [-0.3, -0.25) is 9.59 Å². The number of carboxylic acids is 1. The molecule has 0 aromatic heterocycles. The predicted octanol–water partition coefficient (Wildman–Crippen LogP) is 5.09. The Morgan fingerprint density at radius 3 is 2.33 bits per heavy atom. The number of rotatable bonds is 7. The van der Waals surface area contributed by atoms with Crippen molar-refractivity contribution in [3.63, 3.8) is 0 Å². The van der Waals surface area contributed by atoms with Gasteiger partial charge >= 0.3 is 5.97 Å². The van der Waals surface area contributed by atoms with Crippen molar-refractivity contribution in [3.8, 4) is 11.5 Å². The molecule has 6 heteroatoms. The number of benzene rings is 2. The van der Waals surface area contributed by atoms with Crippen LogP contribution in [-0.2, 0) is 16.0 Å². The maximum atomic E-state index is 12.9. The van der Waals surface area contributed by atoms with Crippen LogP contribution in [0.1, 0.15) is 45.1 Å². The Hall–Kier alpha value is -3.02. The van der Waals surface area contributed by atoms with Crippen LogP contribution in [0.15, 0.2) is 42.5 Å². The van der Waals surface area contributed by atoms with Crippen molar-refractivity contribution in [2.24, 2.45) is 17.8 Å². The van der Waals surface area contributed by atoms with Crippen LogP contribution in [0, 0.1) is 17.8 Å². The minimum Gasteiger partial charge on any atom is -0.481 e. The second-order valence-electron chi connectivity index (χ2n) is 8.41. The fourth-order valence-electron chi connectivity index (χ4n) is 4.00. The molecule has 3 rings (SSSR count). The highest BCUT2D eigenvalue weighted by Crippen LogP contribution is 2.33. The summed E-state index contributed by atoms with van der Waals surface area (Å²) in [5.41, 5.74) is 8.07. The van der Waals surface area contributed by atoms with Gasteiger partial charge in [0.25, 0.3) is 0 Å². The third-order valence-electron chi connectivity index (χ3n) is 5.50. The second-order valence-corrected chi connectivity index (χ2v) is 8.41. The molecule has 6 nitrogen and oxygen atoms in total. The first kappa shape index (κ1) is 21.7. The first-order valence-corrected chi connectivity index (χ1v) is 10.5. The van der Waals surface area contributed by atoms with Gasteiger partial charge < -0.3 is 20.9 Å². The largest absolute Gasteiger partial charge is 0.481 e. The predicted molar refractivity (Wildman–Crippen MR) is 118 cm³/mol. The monoisotopic (exact) mass is 410 g/mol. The van der Waals surface area contributed by atoms with Gasteiger partial charge in [-0.05, 0) is 73.2 Å². The molecule has 2 aromatic rings. The van der Waals surface area contributed by atoms with E-state index >= 15 is 0 Å². The van der Waals surface area contributed by atoms with E-state index in [1.54, 1.807) is 12.1 Å². The third kappa shape index (κ3) is 5.53. The van der Waals surface area contributed by atoms with E-state index in [2.05, 4.69) is 19.2 Å². The van der Waals surface area contributed by atoms with Crippen molar-refractivity contribution in [1.29, 1.82) is 0 Å². The minimum atomic E-state index is -0.885. The highest BCUT2D eigenvalue weighted by atomic mass is 16.5. The van der Waals surface area contributed by atoms with Crippen LogP contribution >= 0.6 is 0 Å². The number of hydrogen-bond donors (Lipinski definition) is 3. The molecule has 0 saturated heterocycles. The number of carbonyl (C=O) groups excluding carboxylic acids is 1. The lowest BCUT2D eigenvalue weighted by molar-refractivity contribution is -0.147. The molecule has 2 aromatic carbocycles. The van der Waals surface area contributed by atoms with E-state index in [1.165, 1.54) is 0 Å². The average molecular weight is 411 g/mol. The average Bonchev–Trinajstić information content (AvgIpc) is 2.71. The molecule has 4 N–H and O–H groups in total. The van der Waals surface area contributed by atoms with E-state index in [-0.39, 0.29) is 5.91 Å². The molecular formula is C24H30N2O4. The minimum absolute atomic E-state index is 0.209. The van der Waals surface area contributed by atoms with Gasteiger partial charge in [0.1, 0.15) is 11.5 Å². The molecule has 0 radical (unpaired) electrons. The Labute approximate surface area is 177 Å². The van der Waals surface area contributed by atoms with Crippen molar-refractivity contribution in [2.75, 3.05) is 11.1 Å². The quantitative estimate of drug-likeness (QED) is 0.552. The maximum Gasteiger partial charge on any atom is 0.307 e. The second kappa shape index (κ2) is 9.65. The highest BCUT2D eigenvalue weighted by Gasteiger charge is 2.35. The normalized spacial score (nSPS) is 18.8. The molecule has 1 saturated carbocycles. The number of aliphatic carboxylic acids is 1. The molecule has 0 heterocycles. The molecular weight excluding hydrogens is 380 g/mol. The molecule has 30 heavy (non-hydrogen) atoms. The van der Waals surface area contributed by atoms with Gasteiger partial charge in [0, 0.05) is 11.4 Å². The lowest BCUT2D eigenvalue weighted by Crippen LogP contribution is -2.36. The third-order valence-corrected chi connectivity index (χ3v) is 5.50. The first-order valence-electron chi connectivity index (χ1n) is 10.5. The Morgan fingerprint density at radius 2 is 1.70 bits per heavy atom. The smallest absolute Gasteiger partial charge is 0.307 e. The van der Waals surface area contributed by atoms with Gasteiger partial charge in [-0.1, -0.05) is 26.7 Å². The van der Waals surface area contributed by atoms with Crippen LogP contribution < -0.4 is 15.8 Å². The summed E-state index contributed by atoms with van der Waals surface area (Å²) in [6.07, 6.45) is 3.68. The summed E-state index contributed by atoms with van der Waals surface area (Å²) in [6.45, 7) is 4.22. The summed E-state index contributed by atoms with van der Waals surface area (Å²) in [6, 6.07) is 12.8. The van der Waals surface area contributed by atoms with Gasteiger partial charge in [0.15, 0.2) is 0 Å². The maximum absolute atomic E-state index is 12.9. The number of nitrogens with one attached hydrogen (secondary N) is 1. The number of anilines is 2. The van der Waals surface area contributed by atoms with Crippen LogP contribution in [0.2, 0.25) is 0 Å². The van der Waals surface area contributed by atoms with Crippen LogP contribution in [0.3, 0.4) is 0 Å². The lowest BCUT2D eigenvalue weighted by atomic mass is 9.78. The summed E-state index contributed by atoms with van der Waals surface area (Å²) in [5.74, 6) is -0.454. The molecule has 1 fully saturated rings. The number of nitrogen functional groups attached to an aromatic ring is 1. The van der Waals surface area contributed by atoms with Crippen molar-refractivity contribution >= 4 is 23.3 Å². The van der Waals surface area contributed by atoms with E-state index in [1.807, 2.05) is 30.3 Å². The molecule has 1 amide bonds. The summed E-state index contributed by atoms with van der Waals surface area (Å²) in [5, 5.41) is 12.5. The molecule has 0 spiro atoms. The number of nitrogens with two attached hydrogens (primary N) is 1. The summed E-state index contributed by atoms with van der Waals surface area (Å²) >= 11 is 0. The van der Waals surface area contributed by atoms with Crippen molar-refractivity contribution in [2.45, 2.75) is 46.0 Å². The van der Waals surface area contributed by atoms with Crippen LogP contribution in [0.4, 0.5) is 11.4 Å². The summed E-state index contributed by atoms with van der Waals surface area (Å²) in [7, 11) is 0. The molecule has 0 aliphatic heterocycles. The zero-order valence-electron chi connectivity index (χ0n) is 17.6. The van der Waals surface area contributed by atoms with E-state index in [0.717, 1.165) is 24.8 Å². The standard InChI is InChI=1S/C24H30N2O4/c1-15(2)13-16-14-19(30-18-9-7-17(25)8-10-18)11-12-22(16)26-23(27)20-5-3-4-6-21(20)24(28)29/h7-12,14-15,20-21H,3-6,13,25H2,1-2H3,(H,26,27)(H,28,29). The number of amides is 1. The van der Waals surface area contributed by atoms with Crippen molar-refractivity contribution in [3.05, 3.63) is 48.0 Å². The van der Waals surface area contributed by atoms with E-state index in [9.17, 15) is 14.7 Å². The number of carbonyl (C=O) groups is 2. The topological polar surface area (TPSA) is 102 Å². The fraction of sp³-hybridized carbons (Fsp3) is 0.417. The molecule has 160 valence electrons. The van der Waals surface area contributed by atoms with Crippen molar-refractivity contribution in [1.82, 2.24) is 0 Å². The van der Waals surface area contributed by atoms with Crippen LogP contribution in [-0.4, -0.2) is 17.0 Å². The molecule has 0 bridgehead atoms. The zero-order valence-corrected chi connectivity index (χ0v) is 17.6. The van der Waals surface area contributed by atoms with Gasteiger partial charge in [-0.2, -0.15) is 0 Å². The Morgan fingerprint density at radius 1 is 1.07 bits per heavy atom. The fourth-order valence-corrected chi connectivity index (χ4v) is 4.00. The number of carboxylic acid groups (broad SMARTS) is 1. The van der Waals surface area contributed by atoms with Crippen molar-refractivity contribution < 1.29 is 19.4 Å². The van der Waals surface area contributed by atoms with E-state index in [0.29, 0.717) is 41.6 Å². The summed E-state index contributed by atoms with van der Waals surface area (Å²) in [4.78, 5) is 24.5. The van der Waals surface area contributed by atoms with Gasteiger partial charge in [-0.25, -0.2) is 0 Å². The van der Waals surface area contributed by atoms with Gasteiger partial charge in [-0.15, -0.1) is 0 Å². The highest BCUT2D eigenvalue weighted by molar-refractivity contribution is 5.95. The Bertz CT molecular complexity index is 893. The van der Waals surface area contributed by atoms with Gasteiger partial charge in [0.05, 0.1) is 11.8 Å².